The van der Waals surface area contributed by atoms with Gasteiger partial charge in [0, 0.05) is 6.42 Å². The smallest absolute Gasteiger partial charge is 0.305 e. The second-order valence-corrected chi connectivity index (χ2v) is 12.0. The van der Waals surface area contributed by atoms with E-state index < -0.39 is 0 Å². The lowest BCUT2D eigenvalue weighted by Gasteiger charge is -2.62. The highest BCUT2D eigenvalue weighted by Crippen LogP contribution is 2.68. The first-order valence-electron chi connectivity index (χ1n) is 12.5. The number of methoxy groups -OCH3 is 1. The Kier molecular flexibility index (Phi) is 5.86. The molecule has 0 heterocycles. The van der Waals surface area contributed by atoms with Crippen molar-refractivity contribution in [1.29, 1.82) is 0 Å². The Morgan fingerprint density at radius 2 is 1.72 bits per heavy atom. The van der Waals surface area contributed by atoms with Crippen molar-refractivity contribution in [3.63, 3.8) is 0 Å². The number of aliphatic hydroxyl groups is 1. The Morgan fingerprint density at radius 3 is 2.45 bits per heavy atom. The monoisotopic (exact) mass is 404 g/mol. The Hall–Kier alpha value is -0.570. The largest absolute Gasteiger partial charge is 0.469 e. The third kappa shape index (κ3) is 3.48. The zero-order chi connectivity index (χ0) is 21.0. The molecule has 0 amide bonds. The van der Waals surface area contributed by atoms with E-state index in [-0.39, 0.29) is 12.1 Å². The predicted octanol–water partition coefficient (Wildman–Crippen LogP) is 5.84. The number of aliphatic hydroxyl groups excluding tert-OH is 1. The maximum absolute atomic E-state index is 11.7. The normalized spacial score (nSPS) is 50.2. The van der Waals surface area contributed by atoms with E-state index in [9.17, 15) is 9.90 Å². The van der Waals surface area contributed by atoms with E-state index in [2.05, 4.69) is 27.7 Å². The molecule has 0 aromatic carbocycles. The van der Waals surface area contributed by atoms with Crippen LogP contribution < -0.4 is 0 Å². The average Bonchev–Trinajstić information content (AvgIpc) is 3.05. The standard InChI is InChI=1S/C26H44O3/c1-16-10-12-26(4)21-11-13-25(3)19(17(2)6-9-24(28)29-5)7-8-20(25)18(21)15-23(27)22(26)14-16/h16-23,27H,6-15H2,1-5H3/t16?,17-,18?,19?,20?,21?,22?,23+,25?,26?/m1/s1. The number of rotatable bonds is 4. The Balaban J connectivity index is 1.52. The van der Waals surface area contributed by atoms with Gasteiger partial charge in [-0.2, -0.15) is 0 Å². The summed E-state index contributed by atoms with van der Waals surface area (Å²) in [7, 11) is 1.50. The number of hydrogen-bond acceptors (Lipinski definition) is 3. The molecule has 1 N–H and O–H groups in total. The Morgan fingerprint density at radius 1 is 1.03 bits per heavy atom. The molecule has 4 rings (SSSR count). The van der Waals surface area contributed by atoms with Gasteiger partial charge < -0.3 is 9.84 Å². The first kappa shape index (κ1) is 21.7. The topological polar surface area (TPSA) is 46.5 Å². The van der Waals surface area contributed by atoms with E-state index in [0.29, 0.717) is 40.9 Å². The highest BCUT2D eigenvalue weighted by Gasteiger charge is 2.62. The van der Waals surface area contributed by atoms with Crippen molar-refractivity contribution < 1.29 is 14.6 Å². The lowest BCUT2D eigenvalue weighted by Crippen LogP contribution is -2.57. The second kappa shape index (κ2) is 7.84. The number of carbonyl (C=O) groups is 1. The summed E-state index contributed by atoms with van der Waals surface area (Å²) in [5.41, 5.74) is 0.742. The zero-order valence-electron chi connectivity index (χ0n) is 19.5. The molecule has 0 aromatic heterocycles. The molecule has 3 nitrogen and oxygen atoms in total. The first-order chi connectivity index (χ1) is 13.7. The van der Waals surface area contributed by atoms with E-state index in [1.54, 1.807) is 0 Å². The van der Waals surface area contributed by atoms with Gasteiger partial charge in [-0.15, -0.1) is 0 Å². The maximum atomic E-state index is 11.7. The maximum Gasteiger partial charge on any atom is 0.305 e. The predicted molar refractivity (Wildman–Crippen MR) is 116 cm³/mol. The van der Waals surface area contributed by atoms with Gasteiger partial charge in [-0.25, -0.2) is 0 Å². The minimum Gasteiger partial charge on any atom is -0.469 e. The van der Waals surface area contributed by atoms with Crippen molar-refractivity contribution in [1.82, 2.24) is 0 Å². The van der Waals surface area contributed by atoms with Crippen LogP contribution in [0.1, 0.15) is 91.9 Å². The van der Waals surface area contributed by atoms with Crippen molar-refractivity contribution in [2.75, 3.05) is 7.11 Å². The van der Waals surface area contributed by atoms with Crippen molar-refractivity contribution in [3.8, 4) is 0 Å². The molecule has 8 unspecified atom stereocenters. The van der Waals surface area contributed by atoms with Crippen molar-refractivity contribution in [2.45, 2.75) is 98.0 Å². The van der Waals surface area contributed by atoms with Crippen molar-refractivity contribution >= 4 is 5.97 Å². The third-order valence-electron chi connectivity index (χ3n) is 10.7. The molecule has 4 aliphatic rings. The van der Waals surface area contributed by atoms with Gasteiger partial charge in [-0.05, 0) is 104 Å². The summed E-state index contributed by atoms with van der Waals surface area (Å²) >= 11 is 0. The van der Waals surface area contributed by atoms with Gasteiger partial charge in [0.05, 0.1) is 13.2 Å². The summed E-state index contributed by atoms with van der Waals surface area (Å²) in [6, 6.07) is 0. The lowest BCUT2D eigenvalue weighted by molar-refractivity contribution is -0.165. The fourth-order valence-electron chi connectivity index (χ4n) is 9.12. The van der Waals surface area contributed by atoms with Crippen LogP contribution in [-0.2, 0) is 9.53 Å². The number of esters is 1. The highest BCUT2D eigenvalue weighted by atomic mass is 16.5. The number of carbonyl (C=O) groups excluding carboxylic acids is 1. The van der Waals surface area contributed by atoms with Crippen molar-refractivity contribution in [2.24, 2.45) is 52.3 Å². The fourth-order valence-corrected chi connectivity index (χ4v) is 9.12. The summed E-state index contributed by atoms with van der Waals surface area (Å²) in [5, 5.41) is 11.2. The van der Waals surface area contributed by atoms with Gasteiger partial charge in [0.1, 0.15) is 0 Å². The molecular weight excluding hydrogens is 360 g/mol. The Labute approximate surface area is 178 Å². The number of hydrogen-bond donors (Lipinski definition) is 1. The average molecular weight is 405 g/mol. The molecule has 0 bridgehead atoms. The van der Waals surface area contributed by atoms with Gasteiger partial charge in [0.25, 0.3) is 0 Å². The van der Waals surface area contributed by atoms with Gasteiger partial charge in [0.2, 0.25) is 0 Å². The lowest BCUT2D eigenvalue weighted by atomic mass is 9.43. The van der Waals surface area contributed by atoms with Gasteiger partial charge in [0.15, 0.2) is 0 Å². The Bertz CT molecular complexity index is 617. The minimum absolute atomic E-state index is 0.0684. The molecule has 0 saturated heterocycles. The molecule has 0 aliphatic heterocycles. The van der Waals surface area contributed by atoms with E-state index in [4.69, 9.17) is 4.74 Å². The molecule has 166 valence electrons. The van der Waals surface area contributed by atoms with Crippen LogP contribution in [0.2, 0.25) is 0 Å². The molecular formula is C26H44O3. The molecule has 4 fully saturated rings. The molecule has 0 spiro atoms. The summed E-state index contributed by atoms with van der Waals surface area (Å²) in [6.07, 6.45) is 11.7. The SMILES string of the molecule is COC(=O)CC[C@@H](C)C1CCC2C3C[C@H](O)C4CC(C)CCC4(C)C3CCC21C. The van der Waals surface area contributed by atoms with E-state index >= 15 is 0 Å². The quantitative estimate of drug-likeness (QED) is 0.599. The summed E-state index contributed by atoms with van der Waals surface area (Å²) in [6.45, 7) is 9.85. The van der Waals surface area contributed by atoms with E-state index in [1.807, 2.05) is 0 Å². The fraction of sp³-hybridized carbons (Fsp3) is 0.962. The molecule has 29 heavy (non-hydrogen) atoms. The summed E-state index contributed by atoms with van der Waals surface area (Å²) in [5.74, 6) is 4.80. The second-order valence-electron chi connectivity index (χ2n) is 12.0. The zero-order valence-corrected chi connectivity index (χ0v) is 19.5. The molecule has 0 aromatic rings. The van der Waals surface area contributed by atoms with Gasteiger partial charge >= 0.3 is 5.97 Å². The number of ether oxygens (including phenoxy) is 1. The summed E-state index contributed by atoms with van der Waals surface area (Å²) in [4.78, 5) is 11.7. The van der Waals surface area contributed by atoms with Crippen LogP contribution in [-0.4, -0.2) is 24.3 Å². The van der Waals surface area contributed by atoms with Crippen LogP contribution in [0.15, 0.2) is 0 Å². The van der Waals surface area contributed by atoms with Crippen LogP contribution in [0.5, 0.6) is 0 Å². The van der Waals surface area contributed by atoms with Crippen molar-refractivity contribution in [3.05, 3.63) is 0 Å². The minimum atomic E-state index is -0.0952. The van der Waals surface area contributed by atoms with Crippen LogP contribution in [0, 0.1) is 52.3 Å². The van der Waals surface area contributed by atoms with E-state index in [1.165, 1.54) is 52.1 Å². The third-order valence-corrected chi connectivity index (χ3v) is 10.7. The van der Waals surface area contributed by atoms with Crippen LogP contribution in [0.25, 0.3) is 0 Å². The van der Waals surface area contributed by atoms with Gasteiger partial charge in [-0.3, -0.25) is 4.79 Å². The molecule has 4 aliphatic carbocycles. The van der Waals surface area contributed by atoms with E-state index in [0.717, 1.165) is 30.6 Å². The molecule has 0 radical (unpaired) electrons. The van der Waals surface area contributed by atoms with Gasteiger partial charge in [-0.1, -0.05) is 34.1 Å². The molecule has 3 heteroatoms. The molecule has 4 saturated carbocycles. The molecule has 10 atom stereocenters. The number of fused-ring (bicyclic) bond motifs is 5. The summed E-state index contributed by atoms with van der Waals surface area (Å²) < 4.78 is 4.88. The first-order valence-corrected chi connectivity index (χ1v) is 12.5. The highest BCUT2D eigenvalue weighted by molar-refractivity contribution is 5.69. The van der Waals surface area contributed by atoms with Crippen LogP contribution in [0.3, 0.4) is 0 Å². The van der Waals surface area contributed by atoms with Crippen LogP contribution >= 0.6 is 0 Å². The van der Waals surface area contributed by atoms with Crippen LogP contribution in [0.4, 0.5) is 0 Å².